The van der Waals surface area contributed by atoms with Crippen LogP contribution in [-0.2, 0) is 13.0 Å². The summed E-state index contributed by atoms with van der Waals surface area (Å²) in [5.74, 6) is 0. The maximum atomic E-state index is 11.1. The molecule has 0 atom stereocenters. The van der Waals surface area contributed by atoms with E-state index in [9.17, 15) is 10.1 Å². The van der Waals surface area contributed by atoms with E-state index >= 15 is 0 Å². The van der Waals surface area contributed by atoms with Gasteiger partial charge in [-0.3, -0.25) is 10.1 Å². The number of nitrogens with one attached hydrogen (secondary N) is 1. The van der Waals surface area contributed by atoms with Crippen LogP contribution in [0.25, 0.3) is 11.3 Å². The molecule has 6 heteroatoms. The van der Waals surface area contributed by atoms with Crippen molar-refractivity contribution in [2.75, 3.05) is 6.54 Å². The van der Waals surface area contributed by atoms with Gasteiger partial charge in [0.05, 0.1) is 4.92 Å². The van der Waals surface area contributed by atoms with Crippen LogP contribution in [0.3, 0.4) is 0 Å². The molecule has 20 heavy (non-hydrogen) atoms. The summed E-state index contributed by atoms with van der Waals surface area (Å²) < 4.78 is 0. The standard InChI is InChI=1S/C14H12ClN3O2/c15-13-4-3-12(18(19)20)14(17-13)10-2-1-9-5-6-16-8-11(9)7-10/h1-4,7,16H,5-6,8H2. The molecule has 0 saturated carbocycles. The monoisotopic (exact) mass is 289 g/mol. The minimum Gasteiger partial charge on any atom is -0.312 e. The van der Waals surface area contributed by atoms with Crippen molar-refractivity contribution < 1.29 is 4.92 Å². The first-order valence-corrected chi connectivity index (χ1v) is 6.67. The zero-order chi connectivity index (χ0) is 14.1. The van der Waals surface area contributed by atoms with E-state index in [-0.39, 0.29) is 10.8 Å². The Balaban J connectivity index is 2.13. The van der Waals surface area contributed by atoms with E-state index in [4.69, 9.17) is 11.6 Å². The van der Waals surface area contributed by atoms with Gasteiger partial charge in [0, 0.05) is 18.2 Å². The molecule has 2 aromatic rings. The first-order valence-electron chi connectivity index (χ1n) is 6.29. The zero-order valence-corrected chi connectivity index (χ0v) is 11.4. The SMILES string of the molecule is O=[N+]([O-])c1ccc(Cl)nc1-c1ccc2c(c1)CNCC2. The van der Waals surface area contributed by atoms with Crippen LogP contribution in [0, 0.1) is 10.1 Å². The van der Waals surface area contributed by atoms with Crippen molar-refractivity contribution in [2.45, 2.75) is 13.0 Å². The predicted octanol–water partition coefficient (Wildman–Crippen LogP) is 2.96. The van der Waals surface area contributed by atoms with Crippen molar-refractivity contribution in [1.82, 2.24) is 10.3 Å². The normalized spacial score (nSPS) is 13.8. The Morgan fingerprint density at radius 1 is 1.25 bits per heavy atom. The molecule has 0 saturated heterocycles. The minimum absolute atomic E-state index is 0.0295. The lowest BCUT2D eigenvalue weighted by molar-refractivity contribution is -0.384. The van der Waals surface area contributed by atoms with Gasteiger partial charge in [0.25, 0.3) is 5.69 Å². The van der Waals surface area contributed by atoms with Crippen LogP contribution in [0.5, 0.6) is 0 Å². The van der Waals surface area contributed by atoms with Gasteiger partial charge in [0.15, 0.2) is 0 Å². The van der Waals surface area contributed by atoms with Gasteiger partial charge >= 0.3 is 0 Å². The fraction of sp³-hybridized carbons (Fsp3) is 0.214. The molecule has 3 rings (SSSR count). The molecular formula is C14H12ClN3O2. The third-order valence-corrected chi connectivity index (χ3v) is 3.61. The van der Waals surface area contributed by atoms with E-state index < -0.39 is 4.92 Å². The van der Waals surface area contributed by atoms with E-state index in [2.05, 4.69) is 10.3 Å². The van der Waals surface area contributed by atoms with Crippen LogP contribution in [0.4, 0.5) is 5.69 Å². The molecule has 0 amide bonds. The molecule has 102 valence electrons. The van der Waals surface area contributed by atoms with Gasteiger partial charge in [-0.05, 0) is 36.2 Å². The maximum Gasteiger partial charge on any atom is 0.295 e. The van der Waals surface area contributed by atoms with Crippen LogP contribution in [0.15, 0.2) is 30.3 Å². The lowest BCUT2D eigenvalue weighted by atomic mass is 9.97. The second-order valence-electron chi connectivity index (χ2n) is 4.67. The van der Waals surface area contributed by atoms with Gasteiger partial charge < -0.3 is 5.32 Å². The van der Waals surface area contributed by atoms with E-state index in [1.54, 1.807) is 0 Å². The summed E-state index contributed by atoms with van der Waals surface area (Å²) in [5.41, 5.74) is 3.44. The number of rotatable bonds is 2. The third-order valence-electron chi connectivity index (χ3n) is 3.40. The van der Waals surface area contributed by atoms with Crippen LogP contribution >= 0.6 is 11.6 Å². The van der Waals surface area contributed by atoms with Crippen LogP contribution < -0.4 is 5.32 Å². The summed E-state index contributed by atoms with van der Waals surface area (Å²) in [6.07, 6.45) is 0.973. The highest BCUT2D eigenvalue weighted by Gasteiger charge is 2.19. The summed E-state index contributed by atoms with van der Waals surface area (Å²) in [7, 11) is 0. The molecule has 0 radical (unpaired) electrons. The molecule has 0 bridgehead atoms. The summed E-state index contributed by atoms with van der Waals surface area (Å²) in [6.45, 7) is 1.74. The van der Waals surface area contributed by atoms with E-state index in [1.165, 1.54) is 17.7 Å². The van der Waals surface area contributed by atoms with E-state index in [0.717, 1.165) is 30.6 Å². The second-order valence-corrected chi connectivity index (χ2v) is 5.06. The summed E-state index contributed by atoms with van der Waals surface area (Å²) in [6, 6.07) is 8.66. The van der Waals surface area contributed by atoms with Gasteiger partial charge in [-0.25, -0.2) is 4.98 Å². The minimum atomic E-state index is -0.434. The molecule has 1 aliphatic heterocycles. The molecule has 0 fully saturated rings. The zero-order valence-electron chi connectivity index (χ0n) is 10.6. The van der Waals surface area contributed by atoms with Crippen LogP contribution in [0.2, 0.25) is 5.15 Å². The van der Waals surface area contributed by atoms with Gasteiger partial charge in [0.2, 0.25) is 0 Å². The van der Waals surface area contributed by atoms with Crippen molar-refractivity contribution in [2.24, 2.45) is 0 Å². The molecular weight excluding hydrogens is 278 g/mol. The molecule has 0 unspecified atom stereocenters. The number of nitro groups is 1. The summed E-state index contributed by atoms with van der Waals surface area (Å²) in [4.78, 5) is 14.8. The molecule has 2 heterocycles. The first-order chi connectivity index (χ1) is 9.65. The van der Waals surface area contributed by atoms with Gasteiger partial charge in [-0.15, -0.1) is 0 Å². The van der Waals surface area contributed by atoms with E-state index in [1.807, 2.05) is 18.2 Å². The van der Waals surface area contributed by atoms with Gasteiger partial charge in [-0.2, -0.15) is 0 Å². The lowest BCUT2D eigenvalue weighted by Crippen LogP contribution is -2.23. The Kier molecular flexibility index (Phi) is 3.38. The Hall–Kier alpha value is -1.98. The van der Waals surface area contributed by atoms with Gasteiger partial charge in [-0.1, -0.05) is 23.7 Å². The highest BCUT2D eigenvalue weighted by Crippen LogP contribution is 2.31. The Morgan fingerprint density at radius 2 is 2.10 bits per heavy atom. The summed E-state index contributed by atoms with van der Waals surface area (Å²) >= 11 is 5.87. The smallest absolute Gasteiger partial charge is 0.295 e. The predicted molar refractivity (Wildman–Crippen MR) is 76.7 cm³/mol. The number of halogens is 1. The van der Waals surface area contributed by atoms with Crippen molar-refractivity contribution in [3.63, 3.8) is 0 Å². The Morgan fingerprint density at radius 3 is 2.90 bits per heavy atom. The number of fused-ring (bicyclic) bond motifs is 1. The Labute approximate surface area is 120 Å². The average Bonchev–Trinajstić information content (AvgIpc) is 2.46. The third kappa shape index (κ3) is 2.37. The second kappa shape index (κ2) is 5.19. The van der Waals surface area contributed by atoms with Crippen molar-refractivity contribution >= 4 is 17.3 Å². The largest absolute Gasteiger partial charge is 0.312 e. The van der Waals surface area contributed by atoms with Gasteiger partial charge in [0.1, 0.15) is 10.8 Å². The fourth-order valence-corrected chi connectivity index (χ4v) is 2.56. The lowest BCUT2D eigenvalue weighted by Gasteiger charge is -2.17. The number of hydrogen-bond acceptors (Lipinski definition) is 4. The first kappa shape index (κ1) is 13.0. The summed E-state index contributed by atoms with van der Waals surface area (Å²) in [5, 5.41) is 14.6. The number of nitrogens with zero attached hydrogens (tertiary/aromatic N) is 2. The van der Waals surface area contributed by atoms with Crippen LogP contribution in [0.1, 0.15) is 11.1 Å². The van der Waals surface area contributed by atoms with E-state index in [0.29, 0.717) is 5.69 Å². The van der Waals surface area contributed by atoms with Crippen molar-refractivity contribution in [1.29, 1.82) is 0 Å². The highest BCUT2D eigenvalue weighted by molar-refractivity contribution is 6.29. The average molecular weight is 290 g/mol. The molecule has 5 nitrogen and oxygen atoms in total. The maximum absolute atomic E-state index is 11.1. The van der Waals surface area contributed by atoms with Crippen molar-refractivity contribution in [3.8, 4) is 11.3 Å². The van der Waals surface area contributed by atoms with Crippen LogP contribution in [-0.4, -0.2) is 16.5 Å². The van der Waals surface area contributed by atoms with Crippen molar-refractivity contribution in [3.05, 3.63) is 56.7 Å². The molecule has 1 aromatic heterocycles. The highest BCUT2D eigenvalue weighted by atomic mass is 35.5. The number of hydrogen-bond donors (Lipinski definition) is 1. The molecule has 0 aliphatic carbocycles. The number of aromatic nitrogens is 1. The Bertz CT molecular complexity index is 688. The fourth-order valence-electron chi connectivity index (χ4n) is 2.42. The molecule has 1 aromatic carbocycles. The molecule has 1 N–H and O–H groups in total. The molecule has 1 aliphatic rings. The number of benzene rings is 1. The number of pyridine rings is 1. The quantitative estimate of drug-likeness (QED) is 0.524. The topological polar surface area (TPSA) is 68.1 Å². The molecule has 0 spiro atoms.